The van der Waals surface area contributed by atoms with Crippen LogP contribution in [0.25, 0.3) is 0 Å². The van der Waals surface area contributed by atoms with Gasteiger partial charge in [0, 0.05) is 72.4 Å². The maximum absolute atomic E-state index is 10.5. The molecule has 4 N–H and O–H groups in total. The number of rotatable bonds is 24. The number of piperidine rings is 4. The van der Waals surface area contributed by atoms with Crippen molar-refractivity contribution in [2.24, 2.45) is 23.7 Å². The zero-order valence-corrected chi connectivity index (χ0v) is 59.3. The summed E-state index contributed by atoms with van der Waals surface area (Å²) in [5.74, 6) is 2.93. The van der Waals surface area contributed by atoms with Gasteiger partial charge in [0.1, 0.15) is 0 Å². The van der Waals surface area contributed by atoms with E-state index in [1.54, 1.807) is 0 Å². The van der Waals surface area contributed by atoms with E-state index < -0.39 is 24.4 Å². The van der Waals surface area contributed by atoms with E-state index in [0.29, 0.717) is 46.3 Å². The standard InChI is InChI=1S/4C21H26ClNO/c4*22-20-12-10-19(11-13-20)21(24)16-23-14-4-7-18(15-23)9-8-17-5-2-1-3-6-17/h4*1-3,5-6,10-13,18,21,24H,4,7-9,14-16H2/t2*18-,21+;2*18-,21-/m1010/s1. The number of nitrogens with zero attached hydrogens (tertiary/aromatic N) is 4. The van der Waals surface area contributed by atoms with Gasteiger partial charge in [-0.1, -0.05) is 216 Å². The average Bonchev–Trinajstić information content (AvgIpc) is 1.64. The van der Waals surface area contributed by atoms with E-state index in [1.165, 1.54) is 99.3 Å². The van der Waals surface area contributed by atoms with Crippen LogP contribution in [0.3, 0.4) is 0 Å². The molecule has 12 rings (SSSR count). The van der Waals surface area contributed by atoms with Gasteiger partial charge in [0.15, 0.2) is 0 Å². The number of hydrogen-bond acceptors (Lipinski definition) is 8. The van der Waals surface area contributed by atoms with E-state index in [2.05, 4.69) is 141 Å². The van der Waals surface area contributed by atoms with E-state index in [0.717, 1.165) is 124 Å². The molecule has 0 saturated carbocycles. The van der Waals surface area contributed by atoms with Crippen molar-refractivity contribution in [1.29, 1.82) is 0 Å². The minimum absolute atomic E-state index is 0.435. The highest BCUT2D eigenvalue weighted by atomic mass is 35.5. The third-order valence-corrected chi connectivity index (χ3v) is 20.9. The lowest BCUT2D eigenvalue weighted by atomic mass is 9.91. The Morgan fingerprint density at radius 2 is 0.458 bits per heavy atom. The van der Waals surface area contributed by atoms with Crippen LogP contribution in [-0.2, 0) is 25.7 Å². The van der Waals surface area contributed by atoms with Crippen molar-refractivity contribution >= 4 is 46.4 Å². The third kappa shape index (κ3) is 27.0. The summed E-state index contributed by atoms with van der Waals surface area (Å²) in [6, 6.07) is 73.1. The number of benzene rings is 8. The van der Waals surface area contributed by atoms with Crippen molar-refractivity contribution in [3.05, 3.63) is 283 Å². The molecule has 4 fully saturated rings. The van der Waals surface area contributed by atoms with Crippen LogP contribution in [0.1, 0.15) is 146 Å². The Morgan fingerprint density at radius 1 is 0.271 bits per heavy atom. The number of halogens is 4. The molecule has 96 heavy (non-hydrogen) atoms. The molecule has 0 amide bonds. The van der Waals surface area contributed by atoms with Crippen molar-refractivity contribution in [3.8, 4) is 0 Å². The Morgan fingerprint density at radius 3 is 0.646 bits per heavy atom. The Hall–Kier alpha value is -5.40. The van der Waals surface area contributed by atoms with Gasteiger partial charge < -0.3 is 40.0 Å². The smallest absolute Gasteiger partial charge is 0.0916 e. The highest BCUT2D eigenvalue weighted by Gasteiger charge is 2.27. The second-order valence-electron chi connectivity index (χ2n) is 27.4. The summed E-state index contributed by atoms with van der Waals surface area (Å²) < 4.78 is 0. The summed E-state index contributed by atoms with van der Waals surface area (Å²) in [6.07, 6.45) is 17.9. The molecule has 8 aromatic carbocycles. The number of hydrogen-bond donors (Lipinski definition) is 4. The van der Waals surface area contributed by atoms with Crippen LogP contribution in [0.15, 0.2) is 218 Å². The molecule has 0 aromatic heterocycles. The molecule has 4 aliphatic heterocycles. The van der Waals surface area contributed by atoms with E-state index in [9.17, 15) is 20.4 Å². The monoisotopic (exact) mass is 1370 g/mol. The molecular formula is C84H104Cl4N4O4. The quantitative estimate of drug-likeness (QED) is 0.0476. The molecule has 4 aliphatic rings. The number of likely N-dealkylation sites (tertiary alicyclic amines) is 4. The third-order valence-electron chi connectivity index (χ3n) is 19.9. The van der Waals surface area contributed by atoms with Gasteiger partial charge >= 0.3 is 0 Å². The van der Waals surface area contributed by atoms with E-state index in [-0.39, 0.29) is 0 Å². The first-order chi connectivity index (χ1) is 46.8. The Balaban J connectivity index is 0.000000150. The molecule has 0 aliphatic carbocycles. The normalized spacial score (nSPS) is 20.0. The largest absolute Gasteiger partial charge is 0.387 e. The van der Waals surface area contributed by atoms with Crippen molar-refractivity contribution < 1.29 is 20.4 Å². The van der Waals surface area contributed by atoms with E-state index in [4.69, 9.17) is 46.4 Å². The van der Waals surface area contributed by atoms with Gasteiger partial charge in [-0.25, -0.2) is 0 Å². The number of β-amino-alcohol motifs (C(OH)–C–C–N with tert-alkyl or cyclic N) is 4. The summed E-state index contributed by atoms with van der Waals surface area (Å²) >= 11 is 23.7. The lowest BCUT2D eigenvalue weighted by Gasteiger charge is -2.34. The van der Waals surface area contributed by atoms with Gasteiger partial charge in [-0.05, 0) is 246 Å². The van der Waals surface area contributed by atoms with Crippen molar-refractivity contribution in [1.82, 2.24) is 19.6 Å². The molecular weight excluding hydrogens is 1270 g/mol. The highest BCUT2D eigenvalue weighted by molar-refractivity contribution is 6.31. The highest BCUT2D eigenvalue weighted by Crippen LogP contribution is 2.30. The van der Waals surface area contributed by atoms with Crippen LogP contribution < -0.4 is 0 Å². The molecule has 4 saturated heterocycles. The minimum Gasteiger partial charge on any atom is -0.387 e. The lowest BCUT2D eigenvalue weighted by Crippen LogP contribution is -2.38. The summed E-state index contributed by atoms with van der Waals surface area (Å²) in [5, 5.41) is 44.7. The molecule has 0 radical (unpaired) electrons. The molecule has 0 spiro atoms. The SMILES string of the molecule is O[C@@H](CN1CCC[C@@H](CCc2ccccc2)C1)c1ccc(Cl)cc1.O[C@@H](CN1CCC[C@H](CCc2ccccc2)C1)c1ccc(Cl)cc1.O[C@H](CN1CCC[C@@H](CCc2ccccc2)C1)c1ccc(Cl)cc1.O[C@H](CN1CCC[C@H](CCc2ccccc2)C1)c1ccc(Cl)cc1. The Kier molecular flexibility index (Phi) is 32.1. The van der Waals surface area contributed by atoms with E-state index >= 15 is 0 Å². The molecule has 4 heterocycles. The predicted octanol–water partition coefficient (Wildman–Crippen LogP) is 18.9. The summed E-state index contributed by atoms with van der Waals surface area (Å²) in [4.78, 5) is 9.66. The van der Waals surface area contributed by atoms with Gasteiger partial charge in [-0.2, -0.15) is 0 Å². The fraction of sp³-hybridized carbons (Fsp3) is 0.429. The lowest BCUT2D eigenvalue weighted by molar-refractivity contribution is 0.0825. The molecule has 512 valence electrons. The van der Waals surface area contributed by atoms with Gasteiger partial charge in [0.05, 0.1) is 24.4 Å². The molecule has 0 unspecified atom stereocenters. The van der Waals surface area contributed by atoms with Crippen LogP contribution >= 0.6 is 46.4 Å². The summed E-state index contributed by atoms with van der Waals surface area (Å²) in [6.45, 7) is 11.6. The second kappa shape index (κ2) is 41.2. The molecule has 0 bridgehead atoms. The topological polar surface area (TPSA) is 93.9 Å². The van der Waals surface area contributed by atoms with Crippen LogP contribution in [0, 0.1) is 23.7 Å². The molecule has 12 heteroatoms. The van der Waals surface area contributed by atoms with Crippen molar-refractivity contribution in [2.75, 3.05) is 78.5 Å². The summed E-state index contributed by atoms with van der Waals surface area (Å²) in [5.41, 5.74) is 9.51. The Labute approximate surface area is 594 Å². The zero-order valence-electron chi connectivity index (χ0n) is 56.3. The minimum atomic E-state index is -0.435. The molecule has 8 nitrogen and oxygen atoms in total. The van der Waals surface area contributed by atoms with Gasteiger partial charge in [0.2, 0.25) is 0 Å². The van der Waals surface area contributed by atoms with E-state index in [1.807, 2.05) is 97.1 Å². The van der Waals surface area contributed by atoms with Crippen molar-refractivity contribution in [3.63, 3.8) is 0 Å². The number of aliphatic hydroxyl groups is 4. The predicted molar refractivity (Wildman–Crippen MR) is 401 cm³/mol. The first-order valence-electron chi connectivity index (χ1n) is 35.6. The number of aryl methyl sites for hydroxylation is 4. The van der Waals surface area contributed by atoms with Crippen molar-refractivity contribution in [2.45, 2.75) is 127 Å². The van der Waals surface area contributed by atoms with Crippen LogP contribution in [0.4, 0.5) is 0 Å². The summed E-state index contributed by atoms with van der Waals surface area (Å²) in [7, 11) is 0. The van der Waals surface area contributed by atoms with Gasteiger partial charge in [0.25, 0.3) is 0 Å². The molecule has 8 atom stereocenters. The van der Waals surface area contributed by atoms with Crippen LogP contribution in [0.5, 0.6) is 0 Å². The maximum Gasteiger partial charge on any atom is 0.0916 e. The first-order valence-corrected chi connectivity index (χ1v) is 37.1. The number of aliphatic hydroxyl groups excluding tert-OH is 4. The first kappa shape index (κ1) is 74.8. The molecule has 8 aromatic rings. The fourth-order valence-electron chi connectivity index (χ4n) is 14.4. The second-order valence-corrected chi connectivity index (χ2v) is 29.2. The van der Waals surface area contributed by atoms with Crippen LogP contribution in [0.2, 0.25) is 20.1 Å². The zero-order chi connectivity index (χ0) is 67.1. The van der Waals surface area contributed by atoms with Gasteiger partial charge in [-0.3, -0.25) is 0 Å². The fourth-order valence-corrected chi connectivity index (χ4v) is 14.9. The Bertz CT molecular complexity index is 2910. The van der Waals surface area contributed by atoms with Crippen LogP contribution in [-0.4, -0.2) is 119 Å². The van der Waals surface area contributed by atoms with Gasteiger partial charge in [-0.15, -0.1) is 0 Å². The average molecular weight is 1380 g/mol. The maximum atomic E-state index is 10.5.